The molecule has 2 amide bonds. The summed E-state index contributed by atoms with van der Waals surface area (Å²) in [6, 6.07) is 14.3. The highest BCUT2D eigenvalue weighted by Gasteiger charge is 2.24. The molecule has 0 saturated carbocycles. The fourth-order valence-electron chi connectivity index (χ4n) is 2.42. The Bertz CT molecular complexity index is 897. The van der Waals surface area contributed by atoms with Crippen LogP contribution in [0.3, 0.4) is 0 Å². The van der Waals surface area contributed by atoms with E-state index in [1.807, 2.05) is 0 Å². The monoisotopic (exact) mass is 390 g/mol. The topological polar surface area (TPSA) is 102 Å². The van der Waals surface area contributed by atoms with Crippen molar-refractivity contribution < 1.29 is 22.7 Å². The predicted molar refractivity (Wildman–Crippen MR) is 104 cm³/mol. The molecule has 2 aromatic rings. The maximum Gasteiger partial charge on any atom is 0.255 e. The summed E-state index contributed by atoms with van der Waals surface area (Å²) in [7, 11) is -1.85. The fourth-order valence-corrected chi connectivity index (χ4v) is 3.08. The minimum atomic E-state index is -3.29. The lowest BCUT2D eigenvalue weighted by Gasteiger charge is -2.19. The second-order valence-electron chi connectivity index (χ2n) is 6.00. The van der Waals surface area contributed by atoms with Gasteiger partial charge in [0.25, 0.3) is 5.91 Å². The summed E-state index contributed by atoms with van der Waals surface area (Å²) in [4.78, 5) is 25.2. The molecule has 0 heterocycles. The predicted octanol–water partition coefficient (Wildman–Crippen LogP) is 1.87. The van der Waals surface area contributed by atoms with Crippen molar-refractivity contribution in [3.05, 3.63) is 60.2 Å². The van der Waals surface area contributed by atoms with Crippen molar-refractivity contribution in [2.75, 3.05) is 24.4 Å². The molecule has 1 atom stereocenters. The van der Waals surface area contributed by atoms with Crippen LogP contribution in [0.5, 0.6) is 5.75 Å². The molecule has 27 heavy (non-hydrogen) atoms. The van der Waals surface area contributed by atoms with Gasteiger partial charge in [0.2, 0.25) is 5.91 Å². The van der Waals surface area contributed by atoms with E-state index in [9.17, 15) is 18.0 Å². The van der Waals surface area contributed by atoms with Crippen LogP contribution in [-0.4, -0.2) is 45.4 Å². The quantitative estimate of drug-likeness (QED) is 0.716. The van der Waals surface area contributed by atoms with Crippen molar-refractivity contribution in [1.82, 2.24) is 5.32 Å². The molecule has 0 saturated heterocycles. The maximum atomic E-state index is 12.6. The van der Waals surface area contributed by atoms with Crippen LogP contribution in [-0.2, 0) is 14.6 Å². The number of hydrogen-bond acceptors (Lipinski definition) is 5. The Morgan fingerprint density at radius 1 is 1.04 bits per heavy atom. The summed E-state index contributed by atoms with van der Waals surface area (Å²) in [6.07, 6.45) is 1.04. The number of sulfone groups is 1. The van der Waals surface area contributed by atoms with Crippen molar-refractivity contribution in [3.63, 3.8) is 0 Å². The number of rotatable bonds is 8. The lowest BCUT2D eigenvalue weighted by molar-refractivity contribution is -0.118. The molecule has 0 radical (unpaired) electrons. The number of para-hydroxylation sites is 2. The number of methoxy groups -OCH3 is 1. The standard InChI is InChI=1S/C19H22N2O5S/c1-26-17-11-7-6-10-15(17)18(22)21-16(12-13-27(2,24)25)19(23)20-14-8-4-3-5-9-14/h3-11,16H,12-13H2,1-2H3,(H,20,23)(H,21,22)/t16-/m1/s1. The molecule has 0 bridgehead atoms. The van der Waals surface area contributed by atoms with Crippen LogP contribution in [0.2, 0.25) is 0 Å². The molecule has 0 spiro atoms. The Kier molecular flexibility index (Phi) is 6.95. The zero-order chi connectivity index (χ0) is 19.9. The van der Waals surface area contributed by atoms with Crippen molar-refractivity contribution in [3.8, 4) is 5.75 Å². The van der Waals surface area contributed by atoms with Gasteiger partial charge >= 0.3 is 0 Å². The summed E-state index contributed by atoms with van der Waals surface area (Å²) in [5.74, 6) is -0.880. The van der Waals surface area contributed by atoms with E-state index in [1.54, 1.807) is 54.6 Å². The molecule has 2 N–H and O–H groups in total. The zero-order valence-corrected chi connectivity index (χ0v) is 16.0. The summed E-state index contributed by atoms with van der Waals surface area (Å²) < 4.78 is 28.2. The first-order chi connectivity index (χ1) is 12.8. The van der Waals surface area contributed by atoms with E-state index >= 15 is 0 Å². The molecule has 0 unspecified atom stereocenters. The number of nitrogens with one attached hydrogen (secondary N) is 2. The molecule has 2 rings (SSSR count). The molecular weight excluding hydrogens is 368 g/mol. The van der Waals surface area contributed by atoms with E-state index < -0.39 is 27.7 Å². The Morgan fingerprint density at radius 3 is 2.30 bits per heavy atom. The van der Waals surface area contributed by atoms with Gasteiger partial charge in [-0.05, 0) is 30.7 Å². The van der Waals surface area contributed by atoms with E-state index in [0.29, 0.717) is 11.4 Å². The van der Waals surface area contributed by atoms with Gasteiger partial charge in [-0.15, -0.1) is 0 Å². The number of ether oxygens (including phenoxy) is 1. The highest BCUT2D eigenvalue weighted by atomic mass is 32.2. The van der Waals surface area contributed by atoms with Gasteiger partial charge in [0, 0.05) is 11.9 Å². The average Bonchev–Trinajstić information content (AvgIpc) is 2.64. The molecule has 0 aromatic heterocycles. The number of amides is 2. The smallest absolute Gasteiger partial charge is 0.255 e. The van der Waals surface area contributed by atoms with Crippen molar-refractivity contribution in [2.45, 2.75) is 12.5 Å². The molecule has 2 aromatic carbocycles. The van der Waals surface area contributed by atoms with Gasteiger partial charge in [0.15, 0.2) is 0 Å². The number of carbonyl (C=O) groups excluding carboxylic acids is 2. The van der Waals surface area contributed by atoms with E-state index in [1.165, 1.54) is 7.11 Å². The summed E-state index contributed by atoms with van der Waals surface area (Å²) >= 11 is 0. The maximum absolute atomic E-state index is 12.6. The minimum Gasteiger partial charge on any atom is -0.496 e. The van der Waals surface area contributed by atoms with Gasteiger partial charge in [0.1, 0.15) is 21.6 Å². The molecule has 144 valence electrons. The molecule has 8 heteroatoms. The number of benzene rings is 2. The zero-order valence-electron chi connectivity index (χ0n) is 15.1. The Morgan fingerprint density at radius 2 is 1.67 bits per heavy atom. The molecule has 0 aliphatic rings. The Balaban J connectivity index is 2.18. The van der Waals surface area contributed by atoms with Gasteiger partial charge in [-0.3, -0.25) is 9.59 Å². The SMILES string of the molecule is COc1ccccc1C(=O)N[C@H](CCS(C)(=O)=O)C(=O)Nc1ccccc1. The van der Waals surface area contributed by atoms with Crippen molar-refractivity contribution >= 4 is 27.3 Å². The molecule has 7 nitrogen and oxygen atoms in total. The third-order valence-corrected chi connectivity index (χ3v) is 4.77. The summed E-state index contributed by atoms with van der Waals surface area (Å²) in [5, 5.41) is 5.29. The average molecular weight is 390 g/mol. The second kappa shape index (κ2) is 9.18. The Hall–Kier alpha value is -2.87. The highest BCUT2D eigenvalue weighted by molar-refractivity contribution is 7.90. The first kappa shape index (κ1) is 20.4. The first-order valence-corrected chi connectivity index (χ1v) is 10.3. The van der Waals surface area contributed by atoms with Crippen LogP contribution in [0, 0.1) is 0 Å². The third-order valence-electron chi connectivity index (χ3n) is 3.79. The van der Waals surface area contributed by atoms with Crippen LogP contribution < -0.4 is 15.4 Å². The summed E-state index contributed by atoms with van der Waals surface area (Å²) in [5.41, 5.74) is 0.815. The van der Waals surface area contributed by atoms with Gasteiger partial charge < -0.3 is 15.4 Å². The highest BCUT2D eigenvalue weighted by Crippen LogP contribution is 2.17. The lowest BCUT2D eigenvalue weighted by atomic mass is 10.1. The Labute approximate surface area is 158 Å². The van der Waals surface area contributed by atoms with E-state index in [2.05, 4.69) is 10.6 Å². The van der Waals surface area contributed by atoms with Crippen molar-refractivity contribution in [1.29, 1.82) is 0 Å². The molecular formula is C19H22N2O5S. The number of anilines is 1. The molecule has 0 aliphatic heterocycles. The number of hydrogen-bond donors (Lipinski definition) is 2. The fraction of sp³-hybridized carbons (Fsp3) is 0.263. The van der Waals surface area contributed by atoms with Gasteiger partial charge in [0.05, 0.1) is 18.4 Å². The van der Waals surface area contributed by atoms with E-state index in [0.717, 1.165) is 6.26 Å². The minimum absolute atomic E-state index is 0.0433. The lowest BCUT2D eigenvalue weighted by Crippen LogP contribution is -2.44. The summed E-state index contributed by atoms with van der Waals surface area (Å²) in [6.45, 7) is 0. The molecule has 0 aliphatic carbocycles. The normalized spacial score (nSPS) is 12.1. The van der Waals surface area contributed by atoms with Crippen LogP contribution in [0.15, 0.2) is 54.6 Å². The largest absolute Gasteiger partial charge is 0.496 e. The van der Waals surface area contributed by atoms with Gasteiger partial charge in [-0.2, -0.15) is 0 Å². The van der Waals surface area contributed by atoms with Gasteiger partial charge in [-0.1, -0.05) is 30.3 Å². The van der Waals surface area contributed by atoms with Crippen LogP contribution in [0.4, 0.5) is 5.69 Å². The van der Waals surface area contributed by atoms with Crippen LogP contribution >= 0.6 is 0 Å². The third kappa shape index (κ3) is 6.41. The van der Waals surface area contributed by atoms with E-state index in [4.69, 9.17) is 4.74 Å². The number of carbonyl (C=O) groups is 2. The van der Waals surface area contributed by atoms with Crippen LogP contribution in [0.25, 0.3) is 0 Å². The van der Waals surface area contributed by atoms with Crippen LogP contribution in [0.1, 0.15) is 16.8 Å². The van der Waals surface area contributed by atoms with Gasteiger partial charge in [-0.25, -0.2) is 8.42 Å². The second-order valence-corrected chi connectivity index (χ2v) is 8.26. The first-order valence-electron chi connectivity index (χ1n) is 8.27. The molecule has 0 fully saturated rings. The van der Waals surface area contributed by atoms with Crippen molar-refractivity contribution in [2.24, 2.45) is 0 Å². The van der Waals surface area contributed by atoms with E-state index in [-0.39, 0.29) is 17.7 Å².